The van der Waals surface area contributed by atoms with Crippen LogP contribution in [0.25, 0.3) is 0 Å². The number of rotatable bonds is 20. The average molecular weight is 661 g/mol. The molecule has 2 N–H and O–H groups in total. The quantitative estimate of drug-likeness (QED) is 0.120. The number of nitrogens with zero attached hydrogens (tertiary/aromatic N) is 1. The van der Waals surface area contributed by atoms with Crippen molar-refractivity contribution in [3.63, 3.8) is 0 Å². The molecule has 0 heterocycles. The van der Waals surface area contributed by atoms with Crippen LogP contribution < -0.4 is 21.7 Å². The average Bonchev–Trinajstić information content (AvgIpc) is 2.96. The van der Waals surface area contributed by atoms with E-state index in [1.165, 1.54) is 103 Å². The Bertz CT molecular complexity index is 1200. The van der Waals surface area contributed by atoms with Gasteiger partial charge in [-0.05, 0) is 43.9 Å². The van der Waals surface area contributed by atoms with E-state index in [1.54, 1.807) is 12.1 Å². The van der Waals surface area contributed by atoms with E-state index < -0.39 is 5.78 Å². The summed E-state index contributed by atoms with van der Waals surface area (Å²) in [7, 11) is 3.74. The number of halogens is 1. The van der Waals surface area contributed by atoms with Crippen LogP contribution in [0.4, 0.5) is 0 Å². The van der Waals surface area contributed by atoms with Crippen LogP contribution in [0.5, 0.6) is 17.2 Å². The van der Waals surface area contributed by atoms with E-state index in [4.69, 9.17) is 4.74 Å². The van der Waals surface area contributed by atoms with E-state index in [-0.39, 0.29) is 56.5 Å². The van der Waals surface area contributed by atoms with Crippen molar-refractivity contribution in [2.24, 2.45) is 0 Å². The van der Waals surface area contributed by atoms with Crippen molar-refractivity contribution in [1.82, 2.24) is 0 Å². The number of benzene rings is 2. The molecular weight excluding hydrogens is 606 g/mol. The molecule has 0 amide bonds. The number of phenolic OH excluding ortho intramolecular Hbond substituents is 2. The number of ether oxygens (including phenoxy) is 1. The van der Waals surface area contributed by atoms with Gasteiger partial charge in [0.1, 0.15) is 23.8 Å². The number of quaternary nitrogens is 1. The van der Waals surface area contributed by atoms with Crippen molar-refractivity contribution in [3.05, 3.63) is 52.1 Å². The number of phenols is 2. The second-order valence-corrected chi connectivity index (χ2v) is 12.6. The first kappa shape index (κ1) is 36.8. The predicted octanol–water partition coefficient (Wildman–Crippen LogP) is 5.72. The Balaban J connectivity index is 0.00000645. The number of unbranched alkanes of at least 4 members (excludes halogenated alkanes) is 13. The molecule has 1 aliphatic rings. The molecule has 0 spiro atoms. The third-order valence-corrected chi connectivity index (χ3v) is 8.86. The fraction of sp³-hybridized carbons (Fsp3) is 0.611. The zero-order chi connectivity index (χ0) is 30.5. The summed E-state index contributed by atoms with van der Waals surface area (Å²) < 4.78 is 6.07. The molecule has 0 aliphatic heterocycles. The molecule has 2 aromatic carbocycles. The predicted molar refractivity (Wildman–Crippen MR) is 170 cm³/mol. The van der Waals surface area contributed by atoms with Crippen LogP contribution in [0.2, 0.25) is 0 Å². The summed E-state index contributed by atoms with van der Waals surface area (Å²) in [5.41, 5.74) is 1.06. The van der Waals surface area contributed by atoms with Gasteiger partial charge < -0.3 is 36.4 Å². The Hall–Kier alpha value is -2.38. The van der Waals surface area contributed by atoms with E-state index in [1.807, 2.05) is 0 Å². The lowest BCUT2D eigenvalue weighted by molar-refractivity contribution is -0.923. The van der Waals surface area contributed by atoms with Crippen molar-refractivity contribution < 1.29 is 46.0 Å². The van der Waals surface area contributed by atoms with Gasteiger partial charge in [-0.3, -0.25) is 9.59 Å². The fourth-order valence-corrected chi connectivity index (χ4v) is 6.39. The number of fused-ring (bicyclic) bond motifs is 2. The summed E-state index contributed by atoms with van der Waals surface area (Å²) in [5, 5.41) is 21.5. The van der Waals surface area contributed by atoms with Gasteiger partial charge in [0.15, 0.2) is 5.78 Å². The Labute approximate surface area is 270 Å². The van der Waals surface area contributed by atoms with Crippen LogP contribution in [0.1, 0.15) is 148 Å². The minimum absolute atomic E-state index is 0. The first-order valence-electron chi connectivity index (χ1n) is 16.4. The number of methoxy groups -OCH3 is 1. The zero-order valence-electron chi connectivity index (χ0n) is 27.0. The zero-order valence-corrected chi connectivity index (χ0v) is 28.6. The van der Waals surface area contributed by atoms with Crippen LogP contribution >= 0.6 is 0 Å². The lowest BCUT2D eigenvalue weighted by Crippen LogP contribution is -3.00. The van der Waals surface area contributed by atoms with Crippen LogP contribution in [-0.4, -0.2) is 53.5 Å². The molecule has 1 aliphatic carbocycles. The van der Waals surface area contributed by atoms with Crippen molar-refractivity contribution in [3.8, 4) is 17.2 Å². The van der Waals surface area contributed by atoms with Gasteiger partial charge in [0.2, 0.25) is 5.78 Å². The van der Waals surface area contributed by atoms with Gasteiger partial charge in [-0.25, -0.2) is 0 Å². The molecule has 1 atom stereocenters. The number of carbonyl (C=O) groups excluding carboxylic acids is 2. The van der Waals surface area contributed by atoms with E-state index in [0.717, 1.165) is 36.0 Å². The molecule has 240 valence electrons. The number of aromatic hydroxyl groups is 2. The monoisotopic (exact) mass is 659 g/mol. The Morgan fingerprint density at radius 3 is 1.56 bits per heavy atom. The summed E-state index contributed by atoms with van der Waals surface area (Å²) in [4.78, 5) is 26.9. The number of hydrogen-bond acceptors (Lipinski definition) is 5. The van der Waals surface area contributed by atoms with Gasteiger partial charge in [0, 0.05) is 22.8 Å². The fourth-order valence-electron chi connectivity index (χ4n) is 6.39. The molecule has 3 rings (SSSR count). The van der Waals surface area contributed by atoms with Gasteiger partial charge in [-0.2, -0.15) is 0 Å². The van der Waals surface area contributed by atoms with Crippen LogP contribution in [-0.2, 0) is 6.54 Å². The Kier molecular flexibility index (Phi) is 15.8. The lowest BCUT2D eigenvalue weighted by Gasteiger charge is -2.35. The molecule has 2 aromatic rings. The van der Waals surface area contributed by atoms with Crippen LogP contribution in [0, 0.1) is 0 Å². The Morgan fingerprint density at radius 1 is 0.628 bits per heavy atom. The molecule has 0 saturated carbocycles. The lowest BCUT2D eigenvalue weighted by atomic mass is 9.82. The Morgan fingerprint density at radius 2 is 1.07 bits per heavy atom. The molecular formula is C36H54BrNO5. The maximum Gasteiger partial charge on any atom is 0.201 e. The number of ketones is 2. The van der Waals surface area contributed by atoms with Gasteiger partial charge in [0.25, 0.3) is 0 Å². The van der Waals surface area contributed by atoms with Crippen molar-refractivity contribution in [2.75, 3.05) is 27.2 Å². The van der Waals surface area contributed by atoms with Crippen LogP contribution in [0.15, 0.2) is 24.3 Å². The second kappa shape index (κ2) is 18.4. The first-order valence-corrected chi connectivity index (χ1v) is 16.4. The first-order chi connectivity index (χ1) is 20.2. The topological polar surface area (TPSA) is 83.8 Å². The van der Waals surface area contributed by atoms with E-state index >= 15 is 0 Å². The highest BCUT2D eigenvalue weighted by atomic mass is 79.9. The van der Waals surface area contributed by atoms with Gasteiger partial charge in [-0.15, -0.1) is 0 Å². The molecule has 43 heavy (non-hydrogen) atoms. The highest BCUT2D eigenvalue weighted by Gasteiger charge is 2.36. The SMILES string of the molecule is CCCCCCCCCC[N+](C)(CCCCCCCCC)Cc1cc(O)c2c(c1)C(=O)c1cc(OC)cc(O)c1C2=O.[Br-]. The number of carbonyl (C=O) groups is 2. The standard InChI is InChI=1S/C36H53NO5.BrH/c1-5-7-9-11-13-15-17-19-21-37(3,20-18-16-14-12-10-8-6-2)26-27-22-29-33(31(38)23-27)36(41)34-30(35(29)40)24-28(42-4)25-32(34)39;/h22-25H,5-21,26H2,1-4H3,(H-,38,39,41);1H. The van der Waals surface area contributed by atoms with Crippen molar-refractivity contribution in [1.29, 1.82) is 0 Å². The minimum atomic E-state index is -0.539. The van der Waals surface area contributed by atoms with Gasteiger partial charge >= 0.3 is 0 Å². The summed E-state index contributed by atoms with van der Waals surface area (Å²) in [5.74, 6) is -1.13. The van der Waals surface area contributed by atoms with Crippen molar-refractivity contribution in [2.45, 2.75) is 117 Å². The van der Waals surface area contributed by atoms with E-state index in [2.05, 4.69) is 20.9 Å². The maximum absolute atomic E-state index is 13.6. The third kappa shape index (κ3) is 10.3. The maximum atomic E-state index is 13.6. The summed E-state index contributed by atoms with van der Waals surface area (Å²) in [6.07, 6.45) is 19.0. The minimum Gasteiger partial charge on any atom is -1.00 e. The number of hydrogen-bond donors (Lipinski definition) is 2. The van der Waals surface area contributed by atoms with Gasteiger partial charge in [-0.1, -0.05) is 84.5 Å². The molecule has 6 nitrogen and oxygen atoms in total. The summed E-state index contributed by atoms with van der Waals surface area (Å²) >= 11 is 0. The smallest absolute Gasteiger partial charge is 0.201 e. The summed E-state index contributed by atoms with van der Waals surface area (Å²) in [6.45, 7) is 7.27. The molecule has 7 heteroatoms. The van der Waals surface area contributed by atoms with E-state index in [0.29, 0.717) is 12.3 Å². The highest BCUT2D eigenvalue weighted by Crippen LogP contribution is 2.39. The molecule has 0 aromatic heterocycles. The molecule has 0 saturated heterocycles. The highest BCUT2D eigenvalue weighted by molar-refractivity contribution is 6.30. The molecule has 1 unspecified atom stereocenters. The normalized spacial score (nSPS) is 13.7. The molecule has 0 radical (unpaired) electrons. The molecule has 0 bridgehead atoms. The second-order valence-electron chi connectivity index (χ2n) is 12.6. The third-order valence-electron chi connectivity index (χ3n) is 8.86. The van der Waals surface area contributed by atoms with Gasteiger partial charge in [0.05, 0.1) is 38.4 Å². The van der Waals surface area contributed by atoms with Crippen LogP contribution in [0.3, 0.4) is 0 Å². The largest absolute Gasteiger partial charge is 1.00 e. The van der Waals surface area contributed by atoms with Crippen molar-refractivity contribution >= 4 is 11.6 Å². The van der Waals surface area contributed by atoms with E-state index in [9.17, 15) is 19.8 Å². The molecule has 0 fully saturated rings. The summed E-state index contributed by atoms with van der Waals surface area (Å²) in [6, 6.07) is 6.23.